The summed E-state index contributed by atoms with van der Waals surface area (Å²) in [5.41, 5.74) is 7.43. The van der Waals surface area contributed by atoms with Gasteiger partial charge in [-0.1, -0.05) is 18.2 Å². The standard InChI is InChI=1S/C13H18N2O2/c14-11-9-17-12-4-2-1-3-10(12)13(11)15-5-7-16-8-6-15/h1-4,11,13H,5-9,14H2. The third-order valence-corrected chi connectivity index (χ3v) is 3.51. The van der Waals surface area contributed by atoms with E-state index in [4.69, 9.17) is 15.2 Å². The molecule has 2 N–H and O–H groups in total. The normalized spacial score (nSPS) is 29.5. The van der Waals surface area contributed by atoms with Gasteiger partial charge in [-0.25, -0.2) is 0 Å². The molecule has 4 heteroatoms. The zero-order valence-corrected chi connectivity index (χ0v) is 9.84. The molecule has 0 spiro atoms. The van der Waals surface area contributed by atoms with Crippen molar-refractivity contribution in [2.45, 2.75) is 12.1 Å². The van der Waals surface area contributed by atoms with Crippen LogP contribution in [0, 0.1) is 0 Å². The van der Waals surface area contributed by atoms with Crippen molar-refractivity contribution in [1.29, 1.82) is 0 Å². The Morgan fingerprint density at radius 2 is 1.94 bits per heavy atom. The summed E-state index contributed by atoms with van der Waals surface area (Å²) < 4.78 is 11.1. The van der Waals surface area contributed by atoms with Gasteiger partial charge in [0.2, 0.25) is 0 Å². The smallest absolute Gasteiger partial charge is 0.124 e. The number of hydrogen-bond acceptors (Lipinski definition) is 4. The Morgan fingerprint density at radius 3 is 2.76 bits per heavy atom. The monoisotopic (exact) mass is 234 g/mol. The number of morpholine rings is 1. The highest BCUT2D eigenvalue weighted by atomic mass is 16.5. The molecule has 0 aliphatic carbocycles. The van der Waals surface area contributed by atoms with Gasteiger partial charge < -0.3 is 15.2 Å². The summed E-state index contributed by atoms with van der Waals surface area (Å²) in [5, 5.41) is 0. The summed E-state index contributed by atoms with van der Waals surface area (Å²) in [6.45, 7) is 4.09. The first kappa shape index (κ1) is 11.0. The van der Waals surface area contributed by atoms with E-state index in [2.05, 4.69) is 11.0 Å². The van der Waals surface area contributed by atoms with Crippen LogP contribution in [0.25, 0.3) is 0 Å². The van der Waals surface area contributed by atoms with Crippen LogP contribution >= 0.6 is 0 Å². The molecule has 2 atom stereocenters. The van der Waals surface area contributed by atoms with E-state index in [9.17, 15) is 0 Å². The molecule has 1 aromatic carbocycles. The van der Waals surface area contributed by atoms with E-state index in [1.54, 1.807) is 0 Å². The second kappa shape index (κ2) is 4.64. The SMILES string of the molecule is NC1COc2ccccc2C1N1CCOCC1. The molecular weight excluding hydrogens is 216 g/mol. The van der Waals surface area contributed by atoms with Crippen LogP contribution in [0.15, 0.2) is 24.3 Å². The summed E-state index contributed by atoms with van der Waals surface area (Å²) >= 11 is 0. The molecule has 3 rings (SSSR count). The molecule has 0 saturated carbocycles. The Kier molecular flexibility index (Phi) is 3.01. The van der Waals surface area contributed by atoms with Crippen molar-refractivity contribution in [2.24, 2.45) is 5.73 Å². The van der Waals surface area contributed by atoms with Crippen molar-refractivity contribution in [3.63, 3.8) is 0 Å². The van der Waals surface area contributed by atoms with Crippen molar-refractivity contribution in [3.05, 3.63) is 29.8 Å². The molecule has 2 aliphatic rings. The number of benzene rings is 1. The van der Waals surface area contributed by atoms with Gasteiger partial charge in [0.25, 0.3) is 0 Å². The van der Waals surface area contributed by atoms with Crippen LogP contribution in [0.2, 0.25) is 0 Å². The Labute approximate surface area is 101 Å². The number of para-hydroxylation sites is 1. The van der Waals surface area contributed by atoms with Gasteiger partial charge in [-0.3, -0.25) is 4.90 Å². The third kappa shape index (κ3) is 2.04. The first-order chi connectivity index (χ1) is 8.36. The molecule has 0 bridgehead atoms. The second-order valence-electron chi connectivity index (χ2n) is 4.61. The van der Waals surface area contributed by atoms with Gasteiger partial charge in [0.15, 0.2) is 0 Å². The third-order valence-electron chi connectivity index (χ3n) is 3.51. The topological polar surface area (TPSA) is 47.7 Å². The number of hydrogen-bond donors (Lipinski definition) is 1. The van der Waals surface area contributed by atoms with Crippen molar-refractivity contribution < 1.29 is 9.47 Å². The quantitative estimate of drug-likeness (QED) is 0.780. The zero-order chi connectivity index (χ0) is 11.7. The van der Waals surface area contributed by atoms with Crippen LogP contribution in [-0.2, 0) is 4.74 Å². The largest absolute Gasteiger partial charge is 0.492 e. The summed E-state index contributed by atoms with van der Waals surface area (Å²) in [6.07, 6.45) is 0. The summed E-state index contributed by atoms with van der Waals surface area (Å²) in [4.78, 5) is 2.41. The minimum atomic E-state index is 0.0444. The van der Waals surface area contributed by atoms with Crippen molar-refractivity contribution in [3.8, 4) is 5.75 Å². The molecular formula is C13H18N2O2. The lowest BCUT2D eigenvalue weighted by Crippen LogP contribution is -2.50. The average molecular weight is 234 g/mol. The van der Waals surface area contributed by atoms with E-state index in [0.717, 1.165) is 32.1 Å². The molecule has 1 fully saturated rings. The molecule has 1 aromatic rings. The molecule has 2 heterocycles. The van der Waals surface area contributed by atoms with Gasteiger partial charge >= 0.3 is 0 Å². The predicted molar refractivity (Wildman–Crippen MR) is 65.0 cm³/mol. The van der Waals surface area contributed by atoms with E-state index < -0.39 is 0 Å². The van der Waals surface area contributed by atoms with Gasteiger partial charge in [-0.15, -0.1) is 0 Å². The Balaban J connectivity index is 1.91. The van der Waals surface area contributed by atoms with Gasteiger partial charge in [0.1, 0.15) is 12.4 Å². The predicted octanol–water partition coefficient (Wildman–Crippen LogP) is 0.780. The van der Waals surface area contributed by atoms with Crippen molar-refractivity contribution in [1.82, 2.24) is 4.90 Å². The highest BCUT2D eigenvalue weighted by Gasteiger charge is 2.33. The first-order valence-electron chi connectivity index (χ1n) is 6.15. The molecule has 17 heavy (non-hydrogen) atoms. The Bertz CT molecular complexity index is 391. The Hall–Kier alpha value is -1.10. The van der Waals surface area contributed by atoms with Gasteiger partial charge in [-0.2, -0.15) is 0 Å². The van der Waals surface area contributed by atoms with Crippen LogP contribution in [-0.4, -0.2) is 43.9 Å². The lowest BCUT2D eigenvalue weighted by molar-refractivity contribution is 0.00142. The molecule has 1 saturated heterocycles. The minimum absolute atomic E-state index is 0.0444. The minimum Gasteiger partial charge on any atom is -0.492 e. The number of rotatable bonds is 1. The molecule has 4 nitrogen and oxygen atoms in total. The van der Waals surface area contributed by atoms with E-state index in [0.29, 0.717) is 6.61 Å². The van der Waals surface area contributed by atoms with E-state index >= 15 is 0 Å². The van der Waals surface area contributed by atoms with Crippen molar-refractivity contribution >= 4 is 0 Å². The highest BCUT2D eigenvalue weighted by molar-refractivity contribution is 5.38. The van der Waals surface area contributed by atoms with Crippen molar-refractivity contribution in [2.75, 3.05) is 32.9 Å². The summed E-state index contributed by atoms with van der Waals surface area (Å²) in [6, 6.07) is 8.51. The van der Waals surface area contributed by atoms with E-state index in [1.807, 2.05) is 18.2 Å². The summed E-state index contributed by atoms with van der Waals surface area (Å²) in [5.74, 6) is 0.977. The second-order valence-corrected chi connectivity index (χ2v) is 4.61. The maximum absolute atomic E-state index is 6.22. The van der Waals surface area contributed by atoms with E-state index in [-0.39, 0.29) is 12.1 Å². The lowest BCUT2D eigenvalue weighted by Gasteiger charge is -2.40. The molecule has 92 valence electrons. The van der Waals surface area contributed by atoms with Crippen LogP contribution in [0.3, 0.4) is 0 Å². The first-order valence-corrected chi connectivity index (χ1v) is 6.15. The molecule has 0 amide bonds. The fraction of sp³-hybridized carbons (Fsp3) is 0.538. The van der Waals surface area contributed by atoms with Gasteiger partial charge in [-0.05, 0) is 6.07 Å². The number of fused-ring (bicyclic) bond motifs is 1. The maximum Gasteiger partial charge on any atom is 0.124 e. The fourth-order valence-electron chi connectivity index (χ4n) is 2.69. The van der Waals surface area contributed by atoms with Crippen LogP contribution in [0.4, 0.5) is 0 Å². The van der Waals surface area contributed by atoms with Gasteiger partial charge in [0, 0.05) is 18.7 Å². The number of nitrogens with zero attached hydrogens (tertiary/aromatic N) is 1. The zero-order valence-electron chi connectivity index (χ0n) is 9.84. The van der Waals surface area contributed by atoms with Crippen LogP contribution < -0.4 is 10.5 Å². The molecule has 0 aromatic heterocycles. The number of nitrogens with two attached hydrogens (primary N) is 1. The average Bonchev–Trinajstić information content (AvgIpc) is 2.39. The molecule has 2 aliphatic heterocycles. The van der Waals surface area contributed by atoms with E-state index in [1.165, 1.54) is 5.56 Å². The van der Waals surface area contributed by atoms with Crippen LogP contribution in [0.1, 0.15) is 11.6 Å². The lowest BCUT2D eigenvalue weighted by atomic mass is 9.95. The fourth-order valence-corrected chi connectivity index (χ4v) is 2.69. The molecule has 2 unspecified atom stereocenters. The maximum atomic E-state index is 6.22. The highest BCUT2D eigenvalue weighted by Crippen LogP contribution is 2.35. The van der Waals surface area contributed by atoms with Crippen LogP contribution in [0.5, 0.6) is 5.75 Å². The summed E-state index contributed by atoms with van der Waals surface area (Å²) in [7, 11) is 0. The molecule has 0 radical (unpaired) electrons. The Morgan fingerprint density at radius 1 is 1.18 bits per heavy atom. The van der Waals surface area contributed by atoms with Gasteiger partial charge in [0.05, 0.1) is 25.3 Å². The number of ether oxygens (including phenoxy) is 2.